The number of ether oxygens (including phenoxy) is 1. The van der Waals surface area contributed by atoms with Gasteiger partial charge in [-0.05, 0) is 27.7 Å². The fraction of sp³-hybridized carbons (Fsp3) is 0.818. The maximum Gasteiger partial charge on any atom is 0.410 e. The van der Waals surface area contributed by atoms with Crippen LogP contribution in [0.4, 0.5) is 4.79 Å². The van der Waals surface area contributed by atoms with E-state index < -0.39 is 29.2 Å². The predicted molar refractivity (Wildman–Crippen MR) is 59.6 cm³/mol. The molecule has 1 saturated heterocycles. The number of rotatable bonds is 1. The Hall–Kier alpha value is -1.30. The van der Waals surface area contributed by atoms with Gasteiger partial charge in [0.1, 0.15) is 11.0 Å². The summed E-state index contributed by atoms with van der Waals surface area (Å²) in [6.07, 6.45) is -1.67. The normalized spacial score (nSPS) is 29.2. The van der Waals surface area contributed by atoms with Gasteiger partial charge in [-0.1, -0.05) is 0 Å². The van der Waals surface area contributed by atoms with Crippen molar-refractivity contribution >= 4 is 12.1 Å². The van der Waals surface area contributed by atoms with Crippen molar-refractivity contribution in [2.45, 2.75) is 39.4 Å². The number of aliphatic hydroxyl groups is 1. The van der Waals surface area contributed by atoms with Crippen LogP contribution in [-0.2, 0) is 9.53 Å². The van der Waals surface area contributed by atoms with Crippen LogP contribution in [0.25, 0.3) is 0 Å². The van der Waals surface area contributed by atoms with E-state index >= 15 is 0 Å². The molecule has 6 nitrogen and oxygen atoms in total. The first-order valence-electron chi connectivity index (χ1n) is 5.45. The highest BCUT2D eigenvalue weighted by molar-refractivity contribution is 5.78. The minimum Gasteiger partial charge on any atom is -0.481 e. The molecule has 0 saturated carbocycles. The van der Waals surface area contributed by atoms with Crippen LogP contribution < -0.4 is 0 Å². The molecule has 0 aromatic heterocycles. The Labute approximate surface area is 100 Å². The molecular formula is C11H19NO5. The first-order chi connectivity index (χ1) is 7.56. The maximum absolute atomic E-state index is 11.7. The van der Waals surface area contributed by atoms with Crippen LogP contribution in [0.1, 0.15) is 27.7 Å². The van der Waals surface area contributed by atoms with Crippen LogP contribution in [0.5, 0.6) is 0 Å². The molecule has 0 unspecified atom stereocenters. The highest BCUT2D eigenvalue weighted by Crippen LogP contribution is 2.31. The second kappa shape index (κ2) is 4.18. The molecule has 17 heavy (non-hydrogen) atoms. The number of carboxylic acid groups (broad SMARTS) is 1. The standard InChI is InChI=1S/C11H19NO5/c1-10(2,3)17-9(16)12-5-7(13)11(4,6-12)8(14)15/h7,13H,5-6H2,1-4H3,(H,14,15)/t7-,11-/m0/s1. The SMILES string of the molecule is CC(C)(C)OC(=O)N1C[C@H](O)[C@@](C)(C(=O)O)C1. The Morgan fingerprint density at radius 2 is 1.94 bits per heavy atom. The quantitative estimate of drug-likeness (QED) is 0.709. The van der Waals surface area contributed by atoms with Gasteiger partial charge in [0.25, 0.3) is 0 Å². The fourth-order valence-corrected chi connectivity index (χ4v) is 1.65. The molecule has 1 aliphatic rings. The van der Waals surface area contributed by atoms with E-state index in [1.807, 2.05) is 0 Å². The van der Waals surface area contributed by atoms with Gasteiger partial charge in [-0.15, -0.1) is 0 Å². The molecular weight excluding hydrogens is 226 g/mol. The second-order valence-electron chi connectivity index (χ2n) is 5.60. The van der Waals surface area contributed by atoms with E-state index in [4.69, 9.17) is 9.84 Å². The topological polar surface area (TPSA) is 87.1 Å². The number of hydrogen-bond acceptors (Lipinski definition) is 4. The molecule has 98 valence electrons. The van der Waals surface area contributed by atoms with E-state index in [9.17, 15) is 14.7 Å². The molecule has 0 aromatic rings. The number of carbonyl (C=O) groups excluding carboxylic acids is 1. The van der Waals surface area contributed by atoms with E-state index in [0.29, 0.717) is 0 Å². The summed E-state index contributed by atoms with van der Waals surface area (Å²) >= 11 is 0. The maximum atomic E-state index is 11.7. The number of nitrogens with zero attached hydrogens (tertiary/aromatic N) is 1. The van der Waals surface area contributed by atoms with Gasteiger partial charge in [0.15, 0.2) is 0 Å². The third-order valence-electron chi connectivity index (χ3n) is 2.79. The van der Waals surface area contributed by atoms with Gasteiger partial charge < -0.3 is 19.8 Å². The highest BCUT2D eigenvalue weighted by Gasteiger charge is 2.50. The molecule has 2 N–H and O–H groups in total. The largest absolute Gasteiger partial charge is 0.481 e. The molecule has 0 bridgehead atoms. The van der Waals surface area contributed by atoms with Crippen molar-refractivity contribution in [1.29, 1.82) is 0 Å². The first kappa shape index (κ1) is 13.8. The molecule has 0 radical (unpaired) electrons. The third-order valence-corrected chi connectivity index (χ3v) is 2.79. The number of likely N-dealkylation sites (tertiary alicyclic amines) is 1. The van der Waals surface area contributed by atoms with E-state index in [0.717, 1.165) is 0 Å². The summed E-state index contributed by atoms with van der Waals surface area (Å²) in [4.78, 5) is 24.0. The Kier molecular flexibility index (Phi) is 3.38. The Bertz CT molecular complexity index is 335. The molecule has 1 fully saturated rings. The lowest BCUT2D eigenvalue weighted by Crippen LogP contribution is -2.40. The number of carbonyl (C=O) groups is 2. The Morgan fingerprint density at radius 3 is 2.29 bits per heavy atom. The number of β-amino-alcohol motifs (C(OH)–C–C–N with tert-alkyl or cyclic N) is 1. The minimum absolute atomic E-state index is 0.0162. The molecule has 0 aromatic carbocycles. The van der Waals surface area contributed by atoms with Gasteiger partial charge in [0, 0.05) is 6.54 Å². The van der Waals surface area contributed by atoms with Gasteiger partial charge in [-0.3, -0.25) is 4.79 Å². The van der Waals surface area contributed by atoms with Crippen LogP contribution in [-0.4, -0.2) is 52.0 Å². The number of hydrogen-bond donors (Lipinski definition) is 2. The molecule has 0 spiro atoms. The van der Waals surface area contributed by atoms with Crippen LogP contribution >= 0.6 is 0 Å². The summed E-state index contributed by atoms with van der Waals surface area (Å²) in [5.41, 5.74) is -1.96. The van der Waals surface area contributed by atoms with Crippen molar-refractivity contribution in [2.24, 2.45) is 5.41 Å². The Balaban J connectivity index is 2.73. The molecule has 2 atom stereocenters. The zero-order chi connectivity index (χ0) is 13.4. The monoisotopic (exact) mass is 245 g/mol. The number of aliphatic hydroxyl groups excluding tert-OH is 1. The fourth-order valence-electron chi connectivity index (χ4n) is 1.65. The van der Waals surface area contributed by atoms with Crippen molar-refractivity contribution in [3.8, 4) is 0 Å². The van der Waals surface area contributed by atoms with Crippen molar-refractivity contribution in [3.63, 3.8) is 0 Å². The van der Waals surface area contributed by atoms with E-state index in [-0.39, 0.29) is 13.1 Å². The average molecular weight is 245 g/mol. The Morgan fingerprint density at radius 1 is 1.41 bits per heavy atom. The molecule has 6 heteroatoms. The molecule has 1 aliphatic heterocycles. The van der Waals surface area contributed by atoms with Crippen molar-refractivity contribution in [1.82, 2.24) is 4.90 Å². The minimum atomic E-state index is -1.32. The van der Waals surface area contributed by atoms with Crippen molar-refractivity contribution < 1.29 is 24.5 Å². The van der Waals surface area contributed by atoms with Gasteiger partial charge in [0.2, 0.25) is 0 Å². The summed E-state index contributed by atoms with van der Waals surface area (Å²) in [7, 11) is 0. The van der Waals surface area contributed by atoms with Crippen molar-refractivity contribution in [2.75, 3.05) is 13.1 Å². The summed E-state index contributed by atoms with van der Waals surface area (Å²) in [5.74, 6) is -1.11. The smallest absolute Gasteiger partial charge is 0.410 e. The van der Waals surface area contributed by atoms with Gasteiger partial charge in [-0.2, -0.15) is 0 Å². The molecule has 0 aliphatic carbocycles. The molecule has 1 heterocycles. The lowest BCUT2D eigenvalue weighted by atomic mass is 9.87. The molecule has 1 amide bonds. The van der Waals surface area contributed by atoms with Gasteiger partial charge in [0.05, 0.1) is 12.6 Å². The van der Waals surface area contributed by atoms with Gasteiger partial charge in [-0.25, -0.2) is 4.79 Å². The lowest BCUT2D eigenvalue weighted by Gasteiger charge is -2.25. The van der Waals surface area contributed by atoms with Crippen LogP contribution in [0.3, 0.4) is 0 Å². The number of aliphatic carboxylic acids is 1. The predicted octanol–water partition coefficient (Wildman–Crippen LogP) is 0.689. The van der Waals surface area contributed by atoms with Crippen LogP contribution in [0, 0.1) is 5.41 Å². The summed E-state index contributed by atoms with van der Waals surface area (Å²) in [5, 5.41) is 18.7. The van der Waals surface area contributed by atoms with Gasteiger partial charge >= 0.3 is 12.1 Å². The van der Waals surface area contributed by atoms with Crippen LogP contribution in [0.15, 0.2) is 0 Å². The molecule has 1 rings (SSSR count). The van der Waals surface area contributed by atoms with E-state index in [2.05, 4.69) is 0 Å². The summed E-state index contributed by atoms with van der Waals surface area (Å²) in [6.45, 7) is 6.55. The highest BCUT2D eigenvalue weighted by atomic mass is 16.6. The van der Waals surface area contributed by atoms with E-state index in [1.165, 1.54) is 11.8 Å². The zero-order valence-electron chi connectivity index (χ0n) is 10.6. The lowest BCUT2D eigenvalue weighted by molar-refractivity contribution is -0.151. The summed E-state index contributed by atoms with van der Waals surface area (Å²) in [6, 6.07) is 0. The second-order valence-corrected chi connectivity index (χ2v) is 5.60. The number of carboxylic acids is 1. The summed E-state index contributed by atoms with van der Waals surface area (Å²) < 4.78 is 5.13. The first-order valence-corrected chi connectivity index (χ1v) is 5.45. The average Bonchev–Trinajstić information content (AvgIpc) is 2.42. The van der Waals surface area contributed by atoms with Crippen LogP contribution in [0.2, 0.25) is 0 Å². The third kappa shape index (κ3) is 2.88. The van der Waals surface area contributed by atoms with E-state index in [1.54, 1.807) is 20.8 Å². The number of amides is 1. The van der Waals surface area contributed by atoms with Crippen molar-refractivity contribution in [3.05, 3.63) is 0 Å². The zero-order valence-corrected chi connectivity index (χ0v) is 10.6.